The van der Waals surface area contributed by atoms with Crippen LogP contribution in [0.1, 0.15) is 10.6 Å². The summed E-state index contributed by atoms with van der Waals surface area (Å²) in [5.74, 6) is -0.738. The number of hydrogen-bond donors (Lipinski definition) is 1. The third-order valence-corrected chi connectivity index (χ3v) is 4.21. The van der Waals surface area contributed by atoms with E-state index in [0.717, 1.165) is 6.07 Å². The van der Waals surface area contributed by atoms with Crippen LogP contribution in [0.15, 0.2) is 30.6 Å². The fourth-order valence-electron chi connectivity index (χ4n) is 2.05. The number of nitrogens with zero attached hydrogens (tertiary/aromatic N) is 4. The standard InChI is InChI=1S/C13H7F6N5S/c14-12(15,16)7-3-2-6(25-7)8-9(13(17,18)19)23-24(10(8)20)11-21-4-1-5-22-11/h1-5H,20H2. The Kier molecular flexibility index (Phi) is 3.94. The Labute approximate surface area is 139 Å². The summed E-state index contributed by atoms with van der Waals surface area (Å²) in [6, 6.07) is 3.05. The average Bonchev–Trinajstić information content (AvgIpc) is 3.11. The molecule has 0 aliphatic rings. The van der Waals surface area contributed by atoms with Crippen molar-refractivity contribution in [3.05, 3.63) is 41.2 Å². The number of hydrogen-bond acceptors (Lipinski definition) is 5. The van der Waals surface area contributed by atoms with Crippen LogP contribution in [-0.2, 0) is 12.4 Å². The summed E-state index contributed by atoms with van der Waals surface area (Å²) in [7, 11) is 0. The van der Waals surface area contributed by atoms with Gasteiger partial charge in [0.2, 0.25) is 0 Å². The smallest absolute Gasteiger partial charge is 0.383 e. The Bertz CT molecular complexity index is 896. The Balaban J connectivity index is 2.22. The largest absolute Gasteiger partial charge is 0.435 e. The van der Waals surface area contributed by atoms with E-state index >= 15 is 0 Å². The molecule has 0 unspecified atom stereocenters. The monoisotopic (exact) mass is 379 g/mol. The molecule has 0 saturated heterocycles. The lowest BCUT2D eigenvalue weighted by Gasteiger charge is -2.05. The van der Waals surface area contributed by atoms with Gasteiger partial charge in [0.25, 0.3) is 5.95 Å². The van der Waals surface area contributed by atoms with E-state index in [9.17, 15) is 26.3 Å². The predicted molar refractivity (Wildman–Crippen MR) is 76.9 cm³/mol. The van der Waals surface area contributed by atoms with Crippen LogP contribution in [0.4, 0.5) is 32.2 Å². The van der Waals surface area contributed by atoms with Crippen molar-refractivity contribution < 1.29 is 26.3 Å². The van der Waals surface area contributed by atoms with Crippen molar-refractivity contribution in [2.75, 3.05) is 5.73 Å². The van der Waals surface area contributed by atoms with Gasteiger partial charge >= 0.3 is 12.4 Å². The van der Waals surface area contributed by atoms with Gasteiger partial charge in [-0.1, -0.05) is 0 Å². The molecular weight excluding hydrogens is 372 g/mol. The van der Waals surface area contributed by atoms with Gasteiger partial charge in [-0.15, -0.1) is 11.3 Å². The lowest BCUT2D eigenvalue weighted by atomic mass is 10.2. The van der Waals surface area contributed by atoms with E-state index in [-0.39, 0.29) is 22.2 Å². The molecule has 0 spiro atoms. The zero-order valence-corrected chi connectivity index (χ0v) is 12.7. The van der Waals surface area contributed by atoms with Crippen LogP contribution in [0.2, 0.25) is 0 Å². The van der Waals surface area contributed by atoms with Gasteiger partial charge in [0.1, 0.15) is 10.7 Å². The molecule has 12 heteroatoms. The van der Waals surface area contributed by atoms with E-state index < -0.39 is 34.3 Å². The van der Waals surface area contributed by atoms with E-state index in [1.165, 1.54) is 18.5 Å². The Morgan fingerprint density at radius 2 is 1.60 bits per heavy atom. The number of rotatable bonds is 2. The van der Waals surface area contributed by atoms with E-state index in [1.807, 2.05) is 0 Å². The number of aromatic nitrogens is 4. The van der Waals surface area contributed by atoms with Gasteiger partial charge in [-0.3, -0.25) is 0 Å². The second kappa shape index (κ2) is 5.72. The van der Waals surface area contributed by atoms with E-state index in [2.05, 4.69) is 15.1 Å². The van der Waals surface area contributed by atoms with Crippen molar-refractivity contribution in [3.8, 4) is 16.4 Å². The lowest BCUT2D eigenvalue weighted by molar-refractivity contribution is -0.140. The van der Waals surface area contributed by atoms with Crippen LogP contribution in [-0.4, -0.2) is 19.7 Å². The summed E-state index contributed by atoms with van der Waals surface area (Å²) in [5, 5.41) is 3.37. The van der Waals surface area contributed by atoms with Gasteiger partial charge in [0.05, 0.1) is 5.56 Å². The van der Waals surface area contributed by atoms with Gasteiger partial charge in [0, 0.05) is 17.3 Å². The Hall–Kier alpha value is -2.63. The molecule has 0 aromatic carbocycles. The summed E-state index contributed by atoms with van der Waals surface area (Å²) in [6.07, 6.45) is -7.06. The van der Waals surface area contributed by atoms with Crippen molar-refractivity contribution in [3.63, 3.8) is 0 Å². The van der Waals surface area contributed by atoms with Crippen molar-refractivity contribution in [1.82, 2.24) is 19.7 Å². The van der Waals surface area contributed by atoms with Crippen molar-refractivity contribution in [2.45, 2.75) is 12.4 Å². The zero-order valence-electron chi connectivity index (χ0n) is 11.9. The SMILES string of the molecule is Nc1c(-c2ccc(C(F)(F)F)s2)c(C(F)(F)F)nn1-c1ncccn1. The maximum absolute atomic E-state index is 13.3. The van der Waals surface area contributed by atoms with E-state index in [1.54, 1.807) is 0 Å². The molecule has 0 atom stereocenters. The predicted octanol–water partition coefficient (Wildman–Crippen LogP) is 4.01. The highest BCUT2D eigenvalue weighted by atomic mass is 32.1. The maximum Gasteiger partial charge on any atom is 0.435 e. The third kappa shape index (κ3) is 3.16. The summed E-state index contributed by atoms with van der Waals surface area (Å²) in [5.41, 5.74) is 3.68. The first-order valence-electron chi connectivity index (χ1n) is 6.49. The molecule has 132 valence electrons. The molecule has 3 aromatic heterocycles. The van der Waals surface area contributed by atoms with Crippen molar-refractivity contribution >= 4 is 17.2 Å². The van der Waals surface area contributed by atoms with Gasteiger partial charge in [0.15, 0.2) is 5.69 Å². The van der Waals surface area contributed by atoms with Crippen LogP contribution in [0.5, 0.6) is 0 Å². The molecule has 3 aromatic rings. The number of thiophene rings is 1. The molecule has 0 aliphatic heterocycles. The molecule has 5 nitrogen and oxygen atoms in total. The molecule has 0 bridgehead atoms. The van der Waals surface area contributed by atoms with Gasteiger partial charge in [-0.2, -0.15) is 36.1 Å². The number of alkyl halides is 6. The minimum Gasteiger partial charge on any atom is -0.383 e. The normalized spacial score (nSPS) is 12.6. The Morgan fingerprint density at radius 3 is 2.12 bits per heavy atom. The second-order valence-corrected chi connectivity index (χ2v) is 5.81. The minimum atomic E-state index is -4.92. The topological polar surface area (TPSA) is 69.6 Å². The zero-order chi connectivity index (χ0) is 18.4. The van der Waals surface area contributed by atoms with E-state index in [0.29, 0.717) is 10.7 Å². The number of nitrogens with two attached hydrogens (primary N) is 1. The maximum atomic E-state index is 13.3. The number of anilines is 1. The van der Waals surface area contributed by atoms with Gasteiger partial charge in [-0.25, -0.2) is 9.97 Å². The molecule has 3 rings (SSSR count). The molecule has 0 aliphatic carbocycles. The first-order chi connectivity index (χ1) is 11.6. The summed E-state index contributed by atoms with van der Waals surface area (Å²) >= 11 is 0.147. The summed E-state index contributed by atoms with van der Waals surface area (Å²) in [6.45, 7) is 0. The van der Waals surface area contributed by atoms with Crippen LogP contribution in [0, 0.1) is 0 Å². The molecule has 25 heavy (non-hydrogen) atoms. The van der Waals surface area contributed by atoms with Gasteiger partial charge in [-0.05, 0) is 18.2 Å². The van der Waals surface area contributed by atoms with Gasteiger partial charge < -0.3 is 5.73 Å². The average molecular weight is 379 g/mol. The van der Waals surface area contributed by atoms with Crippen LogP contribution < -0.4 is 5.73 Å². The highest BCUT2D eigenvalue weighted by Gasteiger charge is 2.41. The molecule has 0 fully saturated rings. The summed E-state index contributed by atoms with van der Waals surface area (Å²) in [4.78, 5) is 6.15. The van der Waals surface area contributed by atoms with E-state index in [4.69, 9.17) is 5.73 Å². The first-order valence-corrected chi connectivity index (χ1v) is 7.31. The van der Waals surface area contributed by atoms with Crippen LogP contribution >= 0.6 is 11.3 Å². The number of halogens is 6. The first kappa shape index (κ1) is 17.2. The molecule has 3 heterocycles. The van der Waals surface area contributed by atoms with Crippen molar-refractivity contribution in [2.24, 2.45) is 0 Å². The minimum absolute atomic E-state index is 0.147. The lowest BCUT2D eigenvalue weighted by Crippen LogP contribution is -2.09. The quantitative estimate of drug-likeness (QED) is 0.683. The fraction of sp³-hybridized carbons (Fsp3) is 0.154. The molecular formula is C13H7F6N5S. The number of nitrogen functional groups attached to an aromatic ring is 1. The molecule has 0 amide bonds. The van der Waals surface area contributed by atoms with Crippen molar-refractivity contribution in [1.29, 1.82) is 0 Å². The molecule has 0 radical (unpaired) electrons. The molecule has 2 N–H and O–H groups in total. The summed E-state index contributed by atoms with van der Waals surface area (Å²) < 4.78 is 78.7. The van der Waals surface area contributed by atoms with Crippen LogP contribution in [0.3, 0.4) is 0 Å². The molecule has 0 saturated carbocycles. The highest BCUT2D eigenvalue weighted by molar-refractivity contribution is 7.15. The second-order valence-electron chi connectivity index (χ2n) is 4.73. The van der Waals surface area contributed by atoms with Crippen LogP contribution in [0.25, 0.3) is 16.4 Å². The Morgan fingerprint density at radius 1 is 0.960 bits per heavy atom. The fourth-order valence-corrected chi connectivity index (χ4v) is 2.98. The third-order valence-electron chi connectivity index (χ3n) is 3.06. The highest BCUT2D eigenvalue weighted by Crippen LogP contribution is 2.45.